The molecule has 0 saturated carbocycles. The van der Waals surface area contributed by atoms with Crippen molar-refractivity contribution in [2.45, 2.75) is 69.1 Å². The molecule has 0 atom stereocenters. The minimum atomic E-state index is -5.72. The Hall–Kier alpha value is -1.88. The number of likely N-dealkylation sites (tertiary alicyclic amines) is 2. The van der Waals surface area contributed by atoms with E-state index >= 15 is 0 Å². The number of nitrogens with zero attached hydrogens (tertiary/aromatic N) is 3. The molecule has 0 N–H and O–H groups in total. The van der Waals surface area contributed by atoms with Crippen LogP contribution in [0.25, 0.3) is 0 Å². The number of ether oxygens (including phenoxy) is 1. The molecule has 3 aliphatic rings. The molecule has 3 aliphatic heterocycles. The highest BCUT2D eigenvalue weighted by Gasteiger charge is 2.60. The summed E-state index contributed by atoms with van der Waals surface area (Å²) < 4.78 is 80.5. The summed E-state index contributed by atoms with van der Waals surface area (Å²) >= 11 is 6.26. The van der Waals surface area contributed by atoms with E-state index in [1.165, 1.54) is 0 Å². The van der Waals surface area contributed by atoms with Crippen molar-refractivity contribution in [3.05, 3.63) is 28.8 Å². The lowest BCUT2D eigenvalue weighted by Crippen LogP contribution is -2.54. The molecule has 0 aromatic heterocycles. The average molecular weight is 528 g/mol. The molecule has 196 valence electrons. The Morgan fingerprint density at radius 3 is 2.17 bits per heavy atom. The van der Waals surface area contributed by atoms with Gasteiger partial charge in [0.1, 0.15) is 0 Å². The average Bonchev–Trinajstić information content (AvgIpc) is 3.43. The van der Waals surface area contributed by atoms with E-state index in [1.807, 2.05) is 18.2 Å². The first-order valence-corrected chi connectivity index (χ1v) is 12.1. The lowest BCUT2D eigenvalue weighted by Gasteiger charge is -2.45. The second-order valence-corrected chi connectivity index (χ2v) is 9.99. The van der Waals surface area contributed by atoms with Gasteiger partial charge in [0.2, 0.25) is 0 Å². The van der Waals surface area contributed by atoms with Gasteiger partial charge in [-0.25, -0.2) is 4.79 Å². The first kappa shape index (κ1) is 26.2. The van der Waals surface area contributed by atoms with Crippen LogP contribution in [0.4, 0.5) is 36.8 Å². The third-order valence-electron chi connectivity index (χ3n) is 7.36. The van der Waals surface area contributed by atoms with Gasteiger partial charge in [-0.2, -0.15) is 26.3 Å². The van der Waals surface area contributed by atoms with Gasteiger partial charge in [0.15, 0.2) is 0 Å². The van der Waals surface area contributed by atoms with Gasteiger partial charge >= 0.3 is 18.4 Å². The molecule has 12 heteroatoms. The molecule has 1 aromatic carbocycles. The van der Waals surface area contributed by atoms with Gasteiger partial charge in [-0.1, -0.05) is 17.7 Å². The van der Waals surface area contributed by atoms with Crippen LogP contribution in [0.3, 0.4) is 0 Å². The zero-order valence-corrected chi connectivity index (χ0v) is 19.9. The summed E-state index contributed by atoms with van der Waals surface area (Å²) in [5.74, 6) is 0. The number of piperidine rings is 1. The van der Waals surface area contributed by atoms with Crippen LogP contribution in [0, 0.1) is 0 Å². The molecule has 0 unspecified atom stereocenters. The fourth-order valence-electron chi connectivity index (χ4n) is 5.54. The van der Waals surface area contributed by atoms with Gasteiger partial charge < -0.3 is 14.5 Å². The van der Waals surface area contributed by atoms with Crippen LogP contribution in [-0.4, -0.2) is 72.6 Å². The van der Waals surface area contributed by atoms with Crippen LogP contribution in [0.1, 0.15) is 44.1 Å². The number of carbonyl (C=O) groups excluding carboxylic acids is 1. The molecule has 3 heterocycles. The maximum Gasteiger partial charge on any atom is 0.434 e. The van der Waals surface area contributed by atoms with Crippen molar-refractivity contribution in [3.8, 4) is 0 Å². The van der Waals surface area contributed by atoms with Crippen LogP contribution >= 0.6 is 11.6 Å². The molecular weight excluding hydrogens is 500 g/mol. The molecule has 1 spiro atoms. The van der Waals surface area contributed by atoms with E-state index in [9.17, 15) is 31.1 Å². The Kier molecular flexibility index (Phi) is 7.39. The van der Waals surface area contributed by atoms with Gasteiger partial charge in [-0.15, -0.1) is 0 Å². The smallest absolute Gasteiger partial charge is 0.426 e. The molecule has 4 rings (SSSR count). The Bertz CT molecular complexity index is 897. The predicted octanol–water partition coefficient (Wildman–Crippen LogP) is 6.00. The fourth-order valence-corrected chi connectivity index (χ4v) is 5.70. The second-order valence-electron chi connectivity index (χ2n) is 9.55. The normalized spacial score (nSPS) is 21.4. The number of hydrogen-bond acceptors (Lipinski definition) is 4. The summed E-state index contributed by atoms with van der Waals surface area (Å²) in [6, 6.07) is 5.85. The van der Waals surface area contributed by atoms with Crippen molar-refractivity contribution < 1.29 is 35.9 Å². The maximum atomic E-state index is 12.8. The highest BCUT2D eigenvalue weighted by molar-refractivity contribution is 6.30. The largest absolute Gasteiger partial charge is 0.434 e. The Labute approximate surface area is 204 Å². The lowest BCUT2D eigenvalue weighted by atomic mass is 9.84. The minimum absolute atomic E-state index is 0.0391. The monoisotopic (exact) mass is 527 g/mol. The minimum Gasteiger partial charge on any atom is -0.426 e. The second kappa shape index (κ2) is 9.88. The van der Waals surface area contributed by atoms with Crippen LogP contribution in [0.2, 0.25) is 5.02 Å². The van der Waals surface area contributed by atoms with E-state index in [1.54, 1.807) is 0 Å². The third-order valence-corrected chi connectivity index (χ3v) is 7.60. The number of anilines is 1. The van der Waals surface area contributed by atoms with Gasteiger partial charge in [0, 0.05) is 49.0 Å². The van der Waals surface area contributed by atoms with E-state index in [2.05, 4.69) is 14.5 Å². The third kappa shape index (κ3) is 5.76. The summed E-state index contributed by atoms with van der Waals surface area (Å²) in [5.41, 5.74) is 1.98. The molecule has 3 fully saturated rings. The molecule has 1 aromatic rings. The van der Waals surface area contributed by atoms with E-state index in [0.717, 1.165) is 61.5 Å². The summed E-state index contributed by atoms with van der Waals surface area (Å²) in [6.45, 7) is 3.50. The zero-order chi connectivity index (χ0) is 25.4. The number of rotatable bonds is 4. The first-order valence-electron chi connectivity index (χ1n) is 11.8. The van der Waals surface area contributed by atoms with Crippen molar-refractivity contribution in [3.63, 3.8) is 0 Å². The number of amides is 1. The van der Waals surface area contributed by atoms with Crippen molar-refractivity contribution in [1.29, 1.82) is 0 Å². The Morgan fingerprint density at radius 1 is 0.943 bits per heavy atom. The van der Waals surface area contributed by atoms with E-state index in [0.29, 0.717) is 24.4 Å². The predicted molar refractivity (Wildman–Crippen MR) is 118 cm³/mol. The van der Waals surface area contributed by atoms with Crippen molar-refractivity contribution >= 4 is 23.4 Å². The molecule has 35 heavy (non-hydrogen) atoms. The Balaban J connectivity index is 1.42. The summed E-state index contributed by atoms with van der Waals surface area (Å²) in [5, 5.41) is 0.662. The summed E-state index contributed by atoms with van der Waals surface area (Å²) in [7, 11) is 0. The number of hydrogen-bond donors (Lipinski definition) is 0. The molecular formula is C23H28ClF6N3O2. The van der Waals surface area contributed by atoms with Gasteiger partial charge in [0.25, 0.3) is 6.10 Å². The summed E-state index contributed by atoms with van der Waals surface area (Å²) in [6.07, 6.45) is -12.2. The molecule has 0 bridgehead atoms. The van der Waals surface area contributed by atoms with Gasteiger partial charge in [-0.05, 0) is 62.8 Å². The van der Waals surface area contributed by atoms with Crippen LogP contribution in [-0.2, 0) is 11.3 Å². The number of benzene rings is 1. The quantitative estimate of drug-likeness (QED) is 0.450. The van der Waals surface area contributed by atoms with Crippen LogP contribution in [0.15, 0.2) is 18.2 Å². The number of alkyl halides is 6. The van der Waals surface area contributed by atoms with Gasteiger partial charge in [0.05, 0.1) is 0 Å². The van der Waals surface area contributed by atoms with E-state index in [4.69, 9.17) is 11.6 Å². The molecule has 3 saturated heterocycles. The molecule has 1 amide bonds. The van der Waals surface area contributed by atoms with E-state index < -0.39 is 24.5 Å². The van der Waals surface area contributed by atoms with E-state index in [-0.39, 0.29) is 18.6 Å². The van der Waals surface area contributed by atoms with Crippen LogP contribution < -0.4 is 4.90 Å². The Morgan fingerprint density at radius 2 is 1.57 bits per heavy atom. The number of halogens is 7. The maximum absolute atomic E-state index is 12.8. The highest BCUT2D eigenvalue weighted by atomic mass is 35.5. The van der Waals surface area contributed by atoms with Crippen molar-refractivity contribution in [1.82, 2.24) is 9.80 Å². The SMILES string of the molecule is O=C(OC(C(F)(F)F)C(F)(F)F)N1CCC2(CCCN2Cc2ccc(Cl)cc2N2CCCC2)CC1. The first-order chi connectivity index (χ1) is 16.4. The van der Waals surface area contributed by atoms with Crippen LogP contribution in [0.5, 0.6) is 0 Å². The fraction of sp³-hybridized carbons (Fsp3) is 0.696. The van der Waals surface area contributed by atoms with Crippen molar-refractivity contribution in [2.75, 3.05) is 37.6 Å². The highest BCUT2D eigenvalue weighted by Crippen LogP contribution is 2.42. The topological polar surface area (TPSA) is 36.0 Å². The zero-order valence-electron chi connectivity index (χ0n) is 19.1. The molecule has 0 radical (unpaired) electrons. The van der Waals surface area contributed by atoms with Crippen molar-refractivity contribution in [2.24, 2.45) is 0 Å². The molecule has 0 aliphatic carbocycles. The molecule has 5 nitrogen and oxygen atoms in total. The number of carbonyl (C=O) groups is 1. The van der Waals surface area contributed by atoms with Gasteiger partial charge in [-0.3, -0.25) is 4.90 Å². The lowest BCUT2D eigenvalue weighted by molar-refractivity contribution is -0.308. The standard InChI is InChI=1S/C23H28ClF6N3O2/c24-17-5-4-16(18(14-17)31-9-1-2-10-31)15-33-11-3-6-21(33)7-12-32(13-8-21)20(34)35-19(22(25,26)27)23(28,29)30/h4-5,14,19H,1-3,6-13,15H2. The summed E-state index contributed by atoms with van der Waals surface area (Å²) in [4.78, 5) is 17.8.